The Morgan fingerprint density at radius 3 is 3.17 bits per heavy atom. The lowest BCUT2D eigenvalue weighted by atomic mass is 10.4. The fraction of sp³-hybridized carbons (Fsp3) is 0.167. The van der Waals surface area contributed by atoms with E-state index in [2.05, 4.69) is 10.3 Å². The highest BCUT2D eigenvalue weighted by molar-refractivity contribution is 5.79. The van der Waals surface area contributed by atoms with Crippen molar-refractivity contribution < 1.29 is 9.32 Å². The summed E-state index contributed by atoms with van der Waals surface area (Å²) in [5.41, 5.74) is 7.31. The van der Waals surface area contributed by atoms with Gasteiger partial charge in [-0.2, -0.15) is 5.10 Å². The van der Waals surface area contributed by atoms with E-state index in [1.54, 1.807) is 13.0 Å². The number of carbonyl (C=O) groups excluding carboxylic acids is 1. The number of nitrogens with zero attached hydrogens (tertiary/aromatic N) is 2. The van der Waals surface area contributed by atoms with Gasteiger partial charge in [-0.05, 0) is 6.92 Å². The predicted molar refractivity (Wildman–Crippen MR) is 41.6 cm³/mol. The summed E-state index contributed by atoms with van der Waals surface area (Å²) in [6.45, 7) is 1.76. The van der Waals surface area contributed by atoms with E-state index in [-0.39, 0.29) is 0 Å². The Bertz CT molecular complexity index is 304. The van der Waals surface area contributed by atoms with Gasteiger partial charge in [-0.15, -0.1) is 0 Å². The van der Waals surface area contributed by atoms with Gasteiger partial charge in [0.1, 0.15) is 11.5 Å². The van der Waals surface area contributed by atoms with Crippen molar-refractivity contribution in [1.29, 1.82) is 0 Å². The van der Waals surface area contributed by atoms with E-state index < -0.39 is 6.03 Å². The number of hydrazone groups is 1. The Kier molecular flexibility index (Phi) is 2.42. The molecular weight excluding hydrogens is 160 g/mol. The summed E-state index contributed by atoms with van der Waals surface area (Å²) in [7, 11) is 0. The Balaban J connectivity index is 2.52. The second kappa shape index (κ2) is 3.51. The van der Waals surface area contributed by atoms with E-state index in [4.69, 9.17) is 10.3 Å². The van der Waals surface area contributed by atoms with Gasteiger partial charge in [0.2, 0.25) is 0 Å². The van der Waals surface area contributed by atoms with Crippen LogP contribution >= 0.6 is 0 Å². The highest BCUT2D eigenvalue weighted by atomic mass is 16.5. The topological polar surface area (TPSA) is 93.5 Å². The Morgan fingerprint density at radius 1 is 1.92 bits per heavy atom. The molecule has 1 aromatic heterocycles. The zero-order chi connectivity index (χ0) is 8.97. The molecule has 1 heterocycles. The monoisotopic (exact) mass is 168 g/mol. The van der Waals surface area contributed by atoms with Gasteiger partial charge in [0.15, 0.2) is 0 Å². The molecule has 1 rings (SSSR count). The number of carbonyl (C=O) groups is 1. The third kappa shape index (κ3) is 2.41. The normalized spacial score (nSPS) is 10.4. The molecular formula is C6H8N4O2. The molecule has 2 amide bonds. The molecule has 0 saturated carbocycles. The number of rotatable bonds is 2. The van der Waals surface area contributed by atoms with Gasteiger partial charge in [0.25, 0.3) is 0 Å². The predicted octanol–water partition coefficient (Wildman–Crippen LogP) is -0.0148. The second-order valence-corrected chi connectivity index (χ2v) is 2.10. The van der Waals surface area contributed by atoms with Gasteiger partial charge >= 0.3 is 6.03 Å². The number of nitrogens with one attached hydrogen (secondary N) is 1. The third-order valence-corrected chi connectivity index (χ3v) is 1.02. The molecule has 0 unspecified atom stereocenters. The van der Waals surface area contributed by atoms with Crippen LogP contribution in [0.1, 0.15) is 11.5 Å². The molecule has 3 N–H and O–H groups in total. The molecule has 64 valence electrons. The van der Waals surface area contributed by atoms with Gasteiger partial charge in [-0.3, -0.25) is 0 Å². The first-order valence-corrected chi connectivity index (χ1v) is 3.20. The average molecular weight is 168 g/mol. The van der Waals surface area contributed by atoms with Crippen molar-refractivity contribution in [3.8, 4) is 0 Å². The highest BCUT2D eigenvalue weighted by Gasteiger charge is 1.94. The van der Waals surface area contributed by atoms with Gasteiger partial charge in [0.05, 0.1) is 6.21 Å². The van der Waals surface area contributed by atoms with E-state index in [1.165, 1.54) is 6.21 Å². The van der Waals surface area contributed by atoms with Crippen molar-refractivity contribution in [3.05, 3.63) is 17.5 Å². The SMILES string of the molecule is Cc1cc(C=NNC(N)=O)no1. The number of hydrogen-bond donors (Lipinski definition) is 2. The fourth-order valence-electron chi connectivity index (χ4n) is 0.609. The second-order valence-electron chi connectivity index (χ2n) is 2.10. The van der Waals surface area contributed by atoms with Crippen LogP contribution in [0.15, 0.2) is 15.7 Å². The van der Waals surface area contributed by atoms with Crippen LogP contribution in [-0.4, -0.2) is 17.4 Å². The Labute approximate surface area is 68.4 Å². The largest absolute Gasteiger partial charge is 0.361 e. The first-order valence-electron chi connectivity index (χ1n) is 3.20. The lowest BCUT2D eigenvalue weighted by Crippen LogP contribution is -2.24. The minimum absolute atomic E-state index is 0.529. The quantitative estimate of drug-likeness (QED) is 0.480. The van der Waals surface area contributed by atoms with E-state index >= 15 is 0 Å². The Hall–Kier alpha value is -1.85. The summed E-state index contributed by atoms with van der Waals surface area (Å²) < 4.78 is 4.74. The molecule has 0 aliphatic carbocycles. The number of urea groups is 1. The Morgan fingerprint density at radius 2 is 2.67 bits per heavy atom. The molecule has 0 bridgehead atoms. The smallest absolute Gasteiger partial charge is 0.332 e. The highest BCUT2D eigenvalue weighted by Crippen LogP contribution is 1.97. The van der Waals surface area contributed by atoms with E-state index in [9.17, 15) is 4.79 Å². The summed E-state index contributed by atoms with van der Waals surface area (Å²) in [4.78, 5) is 10.1. The maximum Gasteiger partial charge on any atom is 0.332 e. The zero-order valence-corrected chi connectivity index (χ0v) is 6.44. The van der Waals surface area contributed by atoms with Crippen molar-refractivity contribution in [2.75, 3.05) is 0 Å². The molecule has 0 spiro atoms. The number of hydrogen-bond acceptors (Lipinski definition) is 4. The molecule has 0 aliphatic heterocycles. The fourth-order valence-corrected chi connectivity index (χ4v) is 0.609. The van der Waals surface area contributed by atoms with E-state index in [0.29, 0.717) is 11.5 Å². The van der Waals surface area contributed by atoms with Gasteiger partial charge < -0.3 is 10.3 Å². The molecule has 6 nitrogen and oxygen atoms in total. The summed E-state index contributed by atoms with van der Waals surface area (Å²) in [5.74, 6) is 0.676. The van der Waals surface area contributed by atoms with Crippen molar-refractivity contribution in [2.24, 2.45) is 10.8 Å². The first-order chi connectivity index (χ1) is 5.68. The lowest BCUT2D eigenvalue weighted by Gasteiger charge is -1.86. The molecule has 0 atom stereocenters. The summed E-state index contributed by atoms with van der Waals surface area (Å²) in [6, 6.07) is 0.957. The van der Waals surface area contributed by atoms with Crippen LogP contribution in [-0.2, 0) is 0 Å². The van der Waals surface area contributed by atoms with Crippen LogP contribution < -0.4 is 11.2 Å². The number of aromatic nitrogens is 1. The van der Waals surface area contributed by atoms with Gasteiger partial charge in [-0.25, -0.2) is 10.2 Å². The first kappa shape index (κ1) is 8.25. The number of primary amides is 1. The third-order valence-electron chi connectivity index (χ3n) is 1.02. The maximum atomic E-state index is 10.1. The van der Waals surface area contributed by atoms with Crippen LogP contribution in [0.4, 0.5) is 4.79 Å². The molecule has 0 radical (unpaired) electrons. The van der Waals surface area contributed by atoms with Gasteiger partial charge in [-0.1, -0.05) is 5.16 Å². The minimum Gasteiger partial charge on any atom is -0.361 e. The molecule has 12 heavy (non-hydrogen) atoms. The van der Waals surface area contributed by atoms with Crippen molar-refractivity contribution in [1.82, 2.24) is 10.6 Å². The molecule has 6 heteroatoms. The average Bonchev–Trinajstić information content (AvgIpc) is 2.35. The maximum absolute atomic E-state index is 10.1. The number of aryl methyl sites for hydroxylation is 1. The van der Waals surface area contributed by atoms with Crippen LogP contribution in [0.3, 0.4) is 0 Å². The molecule has 0 aromatic carbocycles. The minimum atomic E-state index is -0.716. The van der Waals surface area contributed by atoms with Crippen LogP contribution in [0, 0.1) is 6.92 Å². The van der Waals surface area contributed by atoms with Crippen molar-refractivity contribution >= 4 is 12.2 Å². The van der Waals surface area contributed by atoms with Crippen molar-refractivity contribution in [3.63, 3.8) is 0 Å². The van der Waals surface area contributed by atoms with Crippen molar-refractivity contribution in [2.45, 2.75) is 6.92 Å². The summed E-state index contributed by atoms with van der Waals surface area (Å²) in [6.07, 6.45) is 1.33. The summed E-state index contributed by atoms with van der Waals surface area (Å²) in [5, 5.41) is 7.08. The zero-order valence-electron chi connectivity index (χ0n) is 6.44. The molecule has 0 fully saturated rings. The van der Waals surface area contributed by atoms with Crippen LogP contribution in [0.25, 0.3) is 0 Å². The molecule has 0 aliphatic rings. The number of nitrogens with two attached hydrogens (primary N) is 1. The number of amides is 2. The van der Waals surface area contributed by atoms with E-state index in [0.717, 1.165) is 0 Å². The van der Waals surface area contributed by atoms with Gasteiger partial charge in [0, 0.05) is 6.07 Å². The standard InChI is InChI=1S/C6H8N4O2/c1-4-2-5(10-12-4)3-8-9-6(7)11/h2-3H,1H3,(H3,7,9,11). The van der Waals surface area contributed by atoms with Crippen LogP contribution in [0.2, 0.25) is 0 Å². The molecule has 0 saturated heterocycles. The lowest BCUT2D eigenvalue weighted by molar-refractivity contribution is 0.249. The van der Waals surface area contributed by atoms with Crippen LogP contribution in [0.5, 0.6) is 0 Å². The summed E-state index contributed by atoms with van der Waals surface area (Å²) >= 11 is 0. The molecule has 1 aromatic rings. The van der Waals surface area contributed by atoms with E-state index in [1.807, 2.05) is 5.43 Å².